The quantitative estimate of drug-likeness (QED) is 0.634. The van der Waals surface area contributed by atoms with E-state index in [0.717, 1.165) is 43.4 Å². The first-order chi connectivity index (χ1) is 9.72. The predicted molar refractivity (Wildman–Crippen MR) is 84.8 cm³/mol. The SMILES string of the molecule is CCCNCc1sc(N(CCOC)CCOC)nc1C. The predicted octanol–water partition coefficient (Wildman–Crippen LogP) is 2.05. The third kappa shape index (κ3) is 5.75. The van der Waals surface area contributed by atoms with Crippen LogP contribution in [0.3, 0.4) is 0 Å². The van der Waals surface area contributed by atoms with E-state index < -0.39 is 0 Å². The lowest BCUT2D eigenvalue weighted by Crippen LogP contribution is -2.30. The molecule has 0 atom stereocenters. The molecule has 6 heteroatoms. The van der Waals surface area contributed by atoms with Gasteiger partial charge in [0.25, 0.3) is 0 Å². The van der Waals surface area contributed by atoms with Crippen molar-refractivity contribution >= 4 is 16.5 Å². The summed E-state index contributed by atoms with van der Waals surface area (Å²) < 4.78 is 10.3. The fourth-order valence-corrected chi connectivity index (χ4v) is 2.88. The van der Waals surface area contributed by atoms with E-state index in [-0.39, 0.29) is 0 Å². The highest BCUT2D eigenvalue weighted by Crippen LogP contribution is 2.25. The number of ether oxygens (including phenoxy) is 2. The number of aryl methyl sites for hydroxylation is 1. The van der Waals surface area contributed by atoms with Crippen molar-refractivity contribution in [2.24, 2.45) is 0 Å². The molecule has 0 aliphatic heterocycles. The maximum atomic E-state index is 5.17. The minimum atomic E-state index is 0.700. The molecule has 1 N–H and O–H groups in total. The zero-order valence-corrected chi connectivity index (χ0v) is 13.9. The summed E-state index contributed by atoms with van der Waals surface area (Å²) in [5, 5.41) is 4.49. The molecule has 1 heterocycles. The lowest BCUT2D eigenvalue weighted by atomic mass is 10.4. The van der Waals surface area contributed by atoms with Crippen LogP contribution in [0, 0.1) is 6.92 Å². The van der Waals surface area contributed by atoms with Crippen molar-refractivity contribution in [3.05, 3.63) is 10.6 Å². The zero-order chi connectivity index (χ0) is 14.8. The average Bonchev–Trinajstić information content (AvgIpc) is 2.81. The molecule has 0 aliphatic rings. The summed E-state index contributed by atoms with van der Waals surface area (Å²) in [7, 11) is 3.45. The summed E-state index contributed by atoms with van der Waals surface area (Å²) >= 11 is 1.76. The lowest BCUT2D eigenvalue weighted by Gasteiger charge is -2.20. The maximum Gasteiger partial charge on any atom is 0.185 e. The van der Waals surface area contributed by atoms with Crippen molar-refractivity contribution in [2.75, 3.05) is 52.0 Å². The Hall–Kier alpha value is -0.690. The normalized spacial score (nSPS) is 11.0. The van der Waals surface area contributed by atoms with E-state index >= 15 is 0 Å². The van der Waals surface area contributed by atoms with Gasteiger partial charge in [-0.05, 0) is 19.9 Å². The van der Waals surface area contributed by atoms with Crippen molar-refractivity contribution in [3.8, 4) is 0 Å². The van der Waals surface area contributed by atoms with Crippen molar-refractivity contribution in [1.29, 1.82) is 0 Å². The molecular formula is C14H27N3O2S. The molecule has 1 aromatic rings. The molecule has 0 saturated carbocycles. The van der Waals surface area contributed by atoms with Crippen LogP contribution < -0.4 is 10.2 Å². The summed E-state index contributed by atoms with van der Waals surface area (Å²) in [5.41, 5.74) is 1.12. The molecule has 5 nitrogen and oxygen atoms in total. The average molecular weight is 301 g/mol. The Bertz CT molecular complexity index is 363. The minimum absolute atomic E-state index is 0.700. The standard InChI is InChI=1S/C14H27N3O2S/c1-5-6-15-11-13-12(2)16-14(20-13)17(7-9-18-3)8-10-19-4/h15H,5-11H2,1-4H3. The van der Waals surface area contributed by atoms with Crippen molar-refractivity contribution in [3.63, 3.8) is 0 Å². The molecule has 116 valence electrons. The monoisotopic (exact) mass is 301 g/mol. The highest BCUT2D eigenvalue weighted by atomic mass is 32.1. The van der Waals surface area contributed by atoms with Crippen molar-refractivity contribution < 1.29 is 9.47 Å². The van der Waals surface area contributed by atoms with Gasteiger partial charge in [0.05, 0.1) is 18.9 Å². The number of methoxy groups -OCH3 is 2. The molecule has 0 fully saturated rings. The van der Waals surface area contributed by atoms with Gasteiger partial charge in [-0.15, -0.1) is 11.3 Å². The Kier molecular flexibility index (Phi) is 8.77. The van der Waals surface area contributed by atoms with Gasteiger partial charge >= 0.3 is 0 Å². The summed E-state index contributed by atoms with van der Waals surface area (Å²) in [6.45, 7) is 9.28. The van der Waals surface area contributed by atoms with Gasteiger partial charge in [0.1, 0.15) is 0 Å². The summed E-state index contributed by atoms with van der Waals surface area (Å²) in [5.74, 6) is 0. The molecule has 0 spiro atoms. The molecule has 0 bridgehead atoms. The Balaban J connectivity index is 2.66. The van der Waals surface area contributed by atoms with Crippen LogP contribution >= 0.6 is 11.3 Å². The number of rotatable bonds is 11. The molecule has 0 unspecified atom stereocenters. The van der Waals surface area contributed by atoms with Gasteiger partial charge in [-0.3, -0.25) is 0 Å². The van der Waals surface area contributed by atoms with Crippen molar-refractivity contribution in [2.45, 2.75) is 26.8 Å². The number of anilines is 1. The van der Waals surface area contributed by atoms with Gasteiger partial charge < -0.3 is 19.7 Å². The Morgan fingerprint density at radius 2 is 1.85 bits per heavy atom. The fraction of sp³-hybridized carbons (Fsp3) is 0.786. The lowest BCUT2D eigenvalue weighted by molar-refractivity contribution is 0.190. The van der Waals surface area contributed by atoms with Crippen LogP contribution in [0.1, 0.15) is 23.9 Å². The van der Waals surface area contributed by atoms with Gasteiger partial charge in [-0.25, -0.2) is 4.98 Å². The Morgan fingerprint density at radius 3 is 2.40 bits per heavy atom. The number of hydrogen-bond donors (Lipinski definition) is 1. The van der Waals surface area contributed by atoms with Crippen LogP contribution in [0.2, 0.25) is 0 Å². The first-order valence-electron chi connectivity index (χ1n) is 7.12. The first-order valence-corrected chi connectivity index (χ1v) is 7.94. The minimum Gasteiger partial charge on any atom is -0.383 e. The summed E-state index contributed by atoms with van der Waals surface area (Å²) in [4.78, 5) is 8.23. The molecule has 0 aliphatic carbocycles. The number of thiazole rings is 1. The second-order valence-electron chi connectivity index (χ2n) is 4.65. The molecule has 0 radical (unpaired) electrons. The molecule has 0 saturated heterocycles. The molecular weight excluding hydrogens is 274 g/mol. The molecule has 20 heavy (non-hydrogen) atoms. The summed E-state index contributed by atoms with van der Waals surface area (Å²) in [6, 6.07) is 0. The second-order valence-corrected chi connectivity index (χ2v) is 5.72. The van der Waals surface area contributed by atoms with E-state index in [4.69, 9.17) is 9.47 Å². The van der Waals surface area contributed by atoms with Crippen LogP contribution in [0.15, 0.2) is 0 Å². The highest BCUT2D eigenvalue weighted by Gasteiger charge is 2.13. The van der Waals surface area contributed by atoms with E-state index in [1.54, 1.807) is 25.6 Å². The topological polar surface area (TPSA) is 46.6 Å². The third-order valence-electron chi connectivity index (χ3n) is 2.99. The second kappa shape index (κ2) is 10.1. The van der Waals surface area contributed by atoms with Gasteiger partial charge in [-0.1, -0.05) is 6.92 Å². The fourth-order valence-electron chi connectivity index (χ4n) is 1.80. The van der Waals surface area contributed by atoms with E-state index in [0.29, 0.717) is 13.2 Å². The van der Waals surface area contributed by atoms with E-state index in [1.807, 2.05) is 0 Å². The number of hydrogen-bond acceptors (Lipinski definition) is 6. The van der Waals surface area contributed by atoms with E-state index in [2.05, 4.69) is 29.0 Å². The largest absolute Gasteiger partial charge is 0.383 e. The number of nitrogens with one attached hydrogen (secondary N) is 1. The van der Waals surface area contributed by atoms with Gasteiger partial charge in [0.2, 0.25) is 0 Å². The first kappa shape index (κ1) is 17.4. The molecule has 1 aromatic heterocycles. The van der Waals surface area contributed by atoms with E-state index in [9.17, 15) is 0 Å². The molecule has 1 rings (SSSR count). The Morgan fingerprint density at radius 1 is 1.20 bits per heavy atom. The Labute approximate surface area is 126 Å². The van der Waals surface area contributed by atoms with E-state index in [1.165, 1.54) is 4.88 Å². The van der Waals surface area contributed by atoms with Crippen LogP contribution in [0.4, 0.5) is 5.13 Å². The third-order valence-corrected chi connectivity index (χ3v) is 4.21. The van der Waals surface area contributed by atoms with Gasteiger partial charge in [-0.2, -0.15) is 0 Å². The zero-order valence-electron chi connectivity index (χ0n) is 13.1. The molecule has 0 aromatic carbocycles. The van der Waals surface area contributed by atoms with Crippen LogP contribution in [0.25, 0.3) is 0 Å². The maximum absolute atomic E-state index is 5.17. The number of nitrogens with zero attached hydrogens (tertiary/aromatic N) is 2. The van der Waals surface area contributed by atoms with Gasteiger partial charge in [0, 0.05) is 38.7 Å². The highest BCUT2D eigenvalue weighted by molar-refractivity contribution is 7.15. The molecule has 0 amide bonds. The van der Waals surface area contributed by atoms with Crippen LogP contribution in [-0.4, -0.2) is 52.1 Å². The number of aromatic nitrogens is 1. The van der Waals surface area contributed by atoms with Crippen LogP contribution in [-0.2, 0) is 16.0 Å². The van der Waals surface area contributed by atoms with Crippen LogP contribution in [0.5, 0.6) is 0 Å². The van der Waals surface area contributed by atoms with Gasteiger partial charge in [0.15, 0.2) is 5.13 Å². The smallest absolute Gasteiger partial charge is 0.185 e. The summed E-state index contributed by atoms with van der Waals surface area (Å²) in [6.07, 6.45) is 1.15. The van der Waals surface area contributed by atoms with Crippen molar-refractivity contribution in [1.82, 2.24) is 10.3 Å².